The van der Waals surface area contributed by atoms with Crippen molar-refractivity contribution in [3.8, 4) is 5.75 Å². The van der Waals surface area contributed by atoms with Gasteiger partial charge in [0.15, 0.2) is 11.6 Å². The monoisotopic (exact) mass is 207 g/mol. The van der Waals surface area contributed by atoms with Crippen molar-refractivity contribution in [2.75, 3.05) is 6.61 Å². The Kier molecular flexibility index (Phi) is 2.92. The van der Waals surface area contributed by atoms with Crippen molar-refractivity contribution in [2.45, 2.75) is 6.54 Å². The van der Waals surface area contributed by atoms with E-state index in [9.17, 15) is 4.39 Å². The minimum Gasteiger partial charge on any atom is -0.489 e. The zero-order valence-corrected chi connectivity index (χ0v) is 8.01. The first-order chi connectivity index (χ1) is 7.36. The summed E-state index contributed by atoms with van der Waals surface area (Å²) < 4.78 is 20.0. The van der Waals surface area contributed by atoms with Crippen LogP contribution in [0.5, 0.6) is 5.75 Å². The van der Waals surface area contributed by atoms with Gasteiger partial charge in [-0.3, -0.25) is 0 Å². The number of nitrogens with zero attached hydrogens (tertiary/aromatic N) is 3. The zero-order chi connectivity index (χ0) is 10.5. The lowest BCUT2D eigenvalue weighted by atomic mass is 10.3. The molecule has 0 aliphatic rings. The van der Waals surface area contributed by atoms with Crippen molar-refractivity contribution in [3.05, 3.63) is 42.7 Å². The van der Waals surface area contributed by atoms with Crippen LogP contribution in [0.3, 0.4) is 0 Å². The number of benzene rings is 1. The van der Waals surface area contributed by atoms with E-state index >= 15 is 0 Å². The van der Waals surface area contributed by atoms with Crippen LogP contribution in [0.1, 0.15) is 0 Å². The summed E-state index contributed by atoms with van der Waals surface area (Å²) in [6.45, 7) is 0.915. The van der Waals surface area contributed by atoms with Gasteiger partial charge in [0.05, 0.1) is 6.54 Å². The quantitative estimate of drug-likeness (QED) is 0.762. The molecule has 0 unspecified atom stereocenters. The van der Waals surface area contributed by atoms with E-state index in [0.717, 1.165) is 0 Å². The lowest BCUT2D eigenvalue weighted by Crippen LogP contribution is -2.09. The molecule has 0 aliphatic heterocycles. The van der Waals surface area contributed by atoms with Gasteiger partial charge in [-0.25, -0.2) is 14.1 Å². The zero-order valence-electron chi connectivity index (χ0n) is 8.01. The van der Waals surface area contributed by atoms with Gasteiger partial charge in [-0.1, -0.05) is 12.1 Å². The van der Waals surface area contributed by atoms with Crippen LogP contribution in [0.25, 0.3) is 0 Å². The molecule has 0 aliphatic carbocycles. The molecule has 4 nitrogen and oxygen atoms in total. The second-order valence-corrected chi connectivity index (χ2v) is 2.94. The van der Waals surface area contributed by atoms with Crippen LogP contribution < -0.4 is 4.74 Å². The summed E-state index contributed by atoms with van der Waals surface area (Å²) in [7, 11) is 0. The fraction of sp³-hybridized carbons (Fsp3) is 0.200. The van der Waals surface area contributed by atoms with Crippen LogP contribution in [0.2, 0.25) is 0 Å². The Labute approximate surface area is 86.3 Å². The van der Waals surface area contributed by atoms with Crippen LogP contribution in [0, 0.1) is 5.82 Å². The molecule has 1 heterocycles. The van der Waals surface area contributed by atoms with E-state index in [2.05, 4.69) is 10.1 Å². The van der Waals surface area contributed by atoms with E-state index in [4.69, 9.17) is 4.74 Å². The minimum absolute atomic E-state index is 0.262. The summed E-state index contributed by atoms with van der Waals surface area (Å²) in [5, 5.41) is 3.90. The second kappa shape index (κ2) is 4.54. The number of halogens is 1. The number of hydrogen-bond donors (Lipinski definition) is 0. The Hall–Kier alpha value is -1.91. The highest BCUT2D eigenvalue weighted by Gasteiger charge is 2.00. The maximum absolute atomic E-state index is 13.1. The number of hydrogen-bond acceptors (Lipinski definition) is 3. The third-order valence-electron chi connectivity index (χ3n) is 1.88. The van der Waals surface area contributed by atoms with Gasteiger partial charge in [0.2, 0.25) is 0 Å². The second-order valence-electron chi connectivity index (χ2n) is 2.94. The van der Waals surface area contributed by atoms with Crippen molar-refractivity contribution < 1.29 is 9.13 Å². The fourth-order valence-corrected chi connectivity index (χ4v) is 1.16. The maximum Gasteiger partial charge on any atom is 0.165 e. The molecule has 0 radical (unpaired) electrons. The van der Waals surface area contributed by atoms with Crippen molar-refractivity contribution in [1.29, 1.82) is 0 Å². The van der Waals surface area contributed by atoms with Gasteiger partial charge in [0.1, 0.15) is 19.3 Å². The molecule has 0 N–H and O–H groups in total. The predicted molar refractivity (Wildman–Crippen MR) is 51.9 cm³/mol. The van der Waals surface area contributed by atoms with Crippen molar-refractivity contribution >= 4 is 0 Å². The van der Waals surface area contributed by atoms with Gasteiger partial charge in [0, 0.05) is 0 Å². The summed E-state index contributed by atoms with van der Waals surface area (Å²) in [6, 6.07) is 6.31. The van der Waals surface area contributed by atoms with E-state index in [1.54, 1.807) is 29.2 Å². The Bertz CT molecular complexity index is 416. The van der Waals surface area contributed by atoms with Crippen LogP contribution in [0.4, 0.5) is 4.39 Å². The lowest BCUT2D eigenvalue weighted by molar-refractivity contribution is 0.278. The average Bonchev–Trinajstić information content (AvgIpc) is 2.74. The van der Waals surface area contributed by atoms with Gasteiger partial charge >= 0.3 is 0 Å². The topological polar surface area (TPSA) is 39.9 Å². The lowest BCUT2D eigenvalue weighted by Gasteiger charge is -2.06. The summed E-state index contributed by atoms with van der Waals surface area (Å²) in [5.41, 5.74) is 0. The molecule has 1 aromatic heterocycles. The predicted octanol–water partition coefficient (Wildman–Crippen LogP) is 1.50. The molecule has 0 saturated carbocycles. The Morgan fingerprint density at radius 1 is 1.33 bits per heavy atom. The highest BCUT2D eigenvalue weighted by molar-refractivity contribution is 5.23. The van der Waals surface area contributed by atoms with E-state index in [1.165, 1.54) is 12.4 Å². The van der Waals surface area contributed by atoms with Crippen molar-refractivity contribution in [1.82, 2.24) is 14.8 Å². The molecule has 1 aromatic carbocycles. The molecule has 0 spiro atoms. The SMILES string of the molecule is Fc1ccccc1OCCn1cncn1. The summed E-state index contributed by atoms with van der Waals surface area (Å²) in [5.74, 6) is -0.0892. The molecule has 0 fully saturated rings. The number of ether oxygens (including phenoxy) is 1. The van der Waals surface area contributed by atoms with E-state index in [-0.39, 0.29) is 11.6 Å². The van der Waals surface area contributed by atoms with Crippen LogP contribution >= 0.6 is 0 Å². The van der Waals surface area contributed by atoms with Gasteiger partial charge < -0.3 is 4.74 Å². The maximum atomic E-state index is 13.1. The van der Waals surface area contributed by atoms with Crippen LogP contribution in [-0.2, 0) is 6.54 Å². The Morgan fingerprint density at radius 3 is 2.93 bits per heavy atom. The first-order valence-corrected chi connectivity index (χ1v) is 4.56. The molecule has 5 heteroatoms. The Balaban J connectivity index is 1.86. The average molecular weight is 207 g/mol. The number of rotatable bonds is 4. The van der Waals surface area contributed by atoms with Crippen molar-refractivity contribution in [3.63, 3.8) is 0 Å². The molecule has 0 bridgehead atoms. The third-order valence-corrected chi connectivity index (χ3v) is 1.88. The van der Waals surface area contributed by atoms with Gasteiger partial charge in [0.25, 0.3) is 0 Å². The van der Waals surface area contributed by atoms with Crippen LogP contribution in [-0.4, -0.2) is 21.4 Å². The van der Waals surface area contributed by atoms with E-state index in [0.29, 0.717) is 13.2 Å². The summed E-state index contributed by atoms with van der Waals surface area (Å²) in [4.78, 5) is 3.79. The molecule has 0 atom stereocenters. The molecule has 15 heavy (non-hydrogen) atoms. The number of para-hydroxylation sites is 1. The van der Waals surface area contributed by atoms with E-state index in [1.807, 2.05) is 0 Å². The minimum atomic E-state index is -0.351. The van der Waals surface area contributed by atoms with Gasteiger partial charge in [-0.15, -0.1) is 0 Å². The smallest absolute Gasteiger partial charge is 0.165 e. The number of aromatic nitrogens is 3. The highest BCUT2D eigenvalue weighted by Crippen LogP contribution is 2.14. The summed E-state index contributed by atoms with van der Waals surface area (Å²) in [6.07, 6.45) is 3.04. The fourth-order valence-electron chi connectivity index (χ4n) is 1.16. The molecular formula is C10H10FN3O. The molecule has 0 saturated heterocycles. The van der Waals surface area contributed by atoms with Crippen LogP contribution in [0.15, 0.2) is 36.9 Å². The van der Waals surface area contributed by atoms with E-state index < -0.39 is 0 Å². The van der Waals surface area contributed by atoms with Gasteiger partial charge in [-0.2, -0.15) is 5.10 Å². The molecule has 0 amide bonds. The molecule has 2 aromatic rings. The molecular weight excluding hydrogens is 197 g/mol. The van der Waals surface area contributed by atoms with Crippen molar-refractivity contribution in [2.24, 2.45) is 0 Å². The first kappa shape index (κ1) is 9.64. The summed E-state index contributed by atoms with van der Waals surface area (Å²) >= 11 is 0. The molecule has 2 rings (SSSR count). The molecule has 78 valence electrons. The Morgan fingerprint density at radius 2 is 2.20 bits per heavy atom. The highest BCUT2D eigenvalue weighted by atomic mass is 19.1. The third kappa shape index (κ3) is 2.52. The normalized spacial score (nSPS) is 10.2. The first-order valence-electron chi connectivity index (χ1n) is 4.56. The largest absolute Gasteiger partial charge is 0.489 e. The van der Waals surface area contributed by atoms with Gasteiger partial charge in [-0.05, 0) is 12.1 Å². The standard InChI is InChI=1S/C10H10FN3O/c11-9-3-1-2-4-10(9)15-6-5-14-8-12-7-13-14/h1-4,7-8H,5-6H2.